The Morgan fingerprint density at radius 2 is 2.12 bits per heavy atom. The minimum Gasteiger partial charge on any atom is -0.472 e. The van der Waals surface area contributed by atoms with Crippen molar-refractivity contribution in [2.45, 2.75) is 37.3 Å². The lowest BCUT2D eigenvalue weighted by Gasteiger charge is -2.41. The van der Waals surface area contributed by atoms with Crippen molar-refractivity contribution in [3.8, 4) is 0 Å². The Bertz CT molecular complexity index is 732. The van der Waals surface area contributed by atoms with Gasteiger partial charge < -0.3 is 20.0 Å². The molecule has 0 atom stereocenters. The molecule has 7 nitrogen and oxygen atoms in total. The Balaban J connectivity index is 1.48. The van der Waals surface area contributed by atoms with Crippen molar-refractivity contribution in [1.82, 2.24) is 15.2 Å². The first kappa shape index (κ1) is 16.1. The van der Waals surface area contributed by atoms with E-state index in [0.29, 0.717) is 37.5 Å². The van der Waals surface area contributed by atoms with Crippen molar-refractivity contribution < 1.29 is 14.0 Å². The molecule has 0 unspecified atom stereocenters. The van der Waals surface area contributed by atoms with Crippen LogP contribution < -0.4 is 10.6 Å². The van der Waals surface area contributed by atoms with E-state index in [0.717, 1.165) is 18.0 Å². The molecule has 2 aliphatic rings. The molecule has 1 saturated carbocycles. The normalized spacial score (nSPS) is 19.4. The number of likely N-dealkylation sites (tertiary alicyclic amines) is 1. The smallest absolute Gasteiger partial charge is 0.257 e. The Hall–Kier alpha value is -2.35. The number of anilines is 1. The first-order valence-corrected chi connectivity index (χ1v) is 9.34. The van der Waals surface area contributed by atoms with Crippen LogP contribution in [-0.2, 0) is 4.79 Å². The maximum atomic E-state index is 12.9. The molecule has 0 aromatic carbocycles. The molecular formula is C17H20N4O3S. The largest absolute Gasteiger partial charge is 0.472 e. The maximum Gasteiger partial charge on any atom is 0.257 e. The summed E-state index contributed by atoms with van der Waals surface area (Å²) in [5.74, 6) is -0.0418. The zero-order valence-corrected chi connectivity index (χ0v) is 14.6. The van der Waals surface area contributed by atoms with Gasteiger partial charge in [-0.25, -0.2) is 4.98 Å². The van der Waals surface area contributed by atoms with E-state index in [9.17, 15) is 9.59 Å². The molecule has 1 aliphatic heterocycles. The van der Waals surface area contributed by atoms with E-state index in [-0.39, 0.29) is 11.8 Å². The molecule has 0 spiro atoms. The van der Waals surface area contributed by atoms with Crippen LogP contribution in [0.25, 0.3) is 0 Å². The summed E-state index contributed by atoms with van der Waals surface area (Å²) in [6.45, 7) is 1.03. The Labute approximate surface area is 149 Å². The molecule has 2 aromatic heterocycles. The molecule has 1 saturated heterocycles. The van der Waals surface area contributed by atoms with Gasteiger partial charge in [-0.2, -0.15) is 0 Å². The van der Waals surface area contributed by atoms with Crippen LogP contribution in [0.2, 0.25) is 0 Å². The third-order valence-corrected chi connectivity index (χ3v) is 5.49. The van der Waals surface area contributed by atoms with Crippen molar-refractivity contribution in [1.29, 1.82) is 0 Å². The highest BCUT2D eigenvalue weighted by Gasteiger charge is 2.44. The van der Waals surface area contributed by atoms with Gasteiger partial charge in [0, 0.05) is 30.7 Å². The number of aromatic nitrogens is 1. The minimum absolute atomic E-state index is 0.0145. The van der Waals surface area contributed by atoms with E-state index in [1.165, 1.54) is 23.9 Å². The highest BCUT2D eigenvalue weighted by atomic mass is 32.1. The highest BCUT2D eigenvalue weighted by molar-refractivity contribution is 7.13. The molecule has 0 bridgehead atoms. The highest BCUT2D eigenvalue weighted by Crippen LogP contribution is 2.31. The number of thiazole rings is 1. The van der Waals surface area contributed by atoms with Crippen molar-refractivity contribution >= 4 is 28.3 Å². The zero-order valence-electron chi connectivity index (χ0n) is 13.7. The summed E-state index contributed by atoms with van der Waals surface area (Å²) >= 11 is 1.48. The Morgan fingerprint density at radius 1 is 1.32 bits per heavy atom. The van der Waals surface area contributed by atoms with E-state index in [1.807, 2.05) is 5.38 Å². The van der Waals surface area contributed by atoms with E-state index >= 15 is 0 Å². The van der Waals surface area contributed by atoms with Crippen LogP contribution in [0.15, 0.2) is 34.6 Å². The van der Waals surface area contributed by atoms with Gasteiger partial charge in [0.1, 0.15) is 11.8 Å². The van der Waals surface area contributed by atoms with E-state index < -0.39 is 5.54 Å². The number of rotatable bonds is 5. The van der Waals surface area contributed by atoms with Gasteiger partial charge in [-0.3, -0.25) is 9.59 Å². The second-order valence-corrected chi connectivity index (χ2v) is 7.49. The minimum atomic E-state index is -0.715. The zero-order chi connectivity index (χ0) is 17.3. The molecular weight excluding hydrogens is 340 g/mol. The van der Waals surface area contributed by atoms with Gasteiger partial charge in [0.05, 0.1) is 11.8 Å². The van der Waals surface area contributed by atoms with Gasteiger partial charge in [-0.05, 0) is 31.7 Å². The lowest BCUT2D eigenvalue weighted by atomic mass is 9.86. The summed E-state index contributed by atoms with van der Waals surface area (Å²) in [7, 11) is 0. The van der Waals surface area contributed by atoms with Gasteiger partial charge in [0.2, 0.25) is 5.91 Å². The van der Waals surface area contributed by atoms with Gasteiger partial charge in [0.25, 0.3) is 5.91 Å². The third-order valence-electron chi connectivity index (χ3n) is 4.80. The number of hydrogen-bond acceptors (Lipinski definition) is 6. The number of furan rings is 1. The first-order valence-electron chi connectivity index (χ1n) is 8.46. The molecule has 4 rings (SSSR count). The van der Waals surface area contributed by atoms with Crippen molar-refractivity contribution in [2.75, 3.05) is 18.4 Å². The topological polar surface area (TPSA) is 87.5 Å². The molecule has 3 heterocycles. The lowest BCUT2D eigenvalue weighted by Crippen LogP contribution is -2.59. The molecule has 25 heavy (non-hydrogen) atoms. The molecule has 2 aromatic rings. The quantitative estimate of drug-likeness (QED) is 0.853. The fourth-order valence-corrected chi connectivity index (χ4v) is 3.74. The first-order chi connectivity index (χ1) is 12.2. The van der Waals surface area contributed by atoms with Crippen LogP contribution in [-0.4, -0.2) is 46.4 Å². The average Bonchev–Trinajstić information content (AvgIpc) is 3.08. The van der Waals surface area contributed by atoms with Gasteiger partial charge in [-0.15, -0.1) is 11.3 Å². The van der Waals surface area contributed by atoms with Crippen LogP contribution in [0.4, 0.5) is 5.13 Å². The molecule has 0 radical (unpaired) electrons. The predicted molar refractivity (Wildman–Crippen MR) is 93.5 cm³/mol. The number of nitrogens with zero attached hydrogens (tertiary/aromatic N) is 2. The molecule has 1 aliphatic carbocycles. The van der Waals surface area contributed by atoms with E-state index in [1.54, 1.807) is 17.2 Å². The van der Waals surface area contributed by atoms with Crippen LogP contribution in [0, 0.1) is 0 Å². The fraction of sp³-hybridized carbons (Fsp3) is 0.471. The number of piperidine rings is 1. The van der Waals surface area contributed by atoms with Gasteiger partial charge >= 0.3 is 0 Å². The maximum absolute atomic E-state index is 12.9. The third kappa shape index (κ3) is 3.39. The van der Waals surface area contributed by atoms with Crippen molar-refractivity contribution in [3.05, 3.63) is 35.7 Å². The molecule has 2 amide bonds. The van der Waals surface area contributed by atoms with Crippen LogP contribution in [0.1, 0.15) is 36.0 Å². The summed E-state index contributed by atoms with van der Waals surface area (Å²) in [4.78, 5) is 31.4. The van der Waals surface area contributed by atoms with Gasteiger partial charge in [-0.1, -0.05) is 0 Å². The lowest BCUT2D eigenvalue weighted by molar-refractivity contribution is -0.127. The molecule has 8 heteroatoms. The molecule has 132 valence electrons. The Morgan fingerprint density at radius 3 is 2.72 bits per heavy atom. The average molecular weight is 360 g/mol. The van der Waals surface area contributed by atoms with E-state index in [2.05, 4.69) is 15.6 Å². The molecule has 2 N–H and O–H groups in total. The van der Waals surface area contributed by atoms with Crippen molar-refractivity contribution in [2.24, 2.45) is 0 Å². The summed E-state index contributed by atoms with van der Waals surface area (Å²) in [6.07, 6.45) is 7.86. The monoisotopic (exact) mass is 360 g/mol. The number of nitrogens with one attached hydrogen (secondary N) is 2. The number of carbonyl (C=O) groups is 2. The predicted octanol–water partition coefficient (Wildman–Crippen LogP) is 2.10. The second-order valence-electron chi connectivity index (χ2n) is 6.60. The number of amides is 2. The molecule has 2 fully saturated rings. The second kappa shape index (κ2) is 6.51. The number of hydrogen-bond donors (Lipinski definition) is 2. The van der Waals surface area contributed by atoms with Crippen molar-refractivity contribution in [3.63, 3.8) is 0 Å². The fourth-order valence-electron chi connectivity index (χ4n) is 3.11. The summed E-state index contributed by atoms with van der Waals surface area (Å²) < 4.78 is 5.00. The summed E-state index contributed by atoms with van der Waals surface area (Å²) in [5, 5.41) is 9.06. The number of carbonyl (C=O) groups excluding carboxylic acids is 2. The van der Waals surface area contributed by atoms with Crippen LogP contribution in [0.5, 0.6) is 0 Å². The SMILES string of the molecule is O=C(c1ccoc1)N1CCC(Nc2nccs2)(C(=O)NC2CC2)CC1. The standard InChI is InChI=1S/C17H20N4O3S/c22-14(12-3-9-24-11-12)21-7-4-17(5-8-21,15(23)19-13-1-2-13)20-16-18-6-10-25-16/h3,6,9-11,13H,1-2,4-5,7-8H2,(H,18,20)(H,19,23). The Kier molecular flexibility index (Phi) is 4.20. The van der Waals surface area contributed by atoms with Gasteiger partial charge in [0.15, 0.2) is 5.13 Å². The summed E-state index contributed by atoms with van der Waals surface area (Å²) in [6, 6.07) is 1.96. The summed E-state index contributed by atoms with van der Waals surface area (Å²) in [5.41, 5.74) is -0.170. The van der Waals surface area contributed by atoms with E-state index in [4.69, 9.17) is 4.42 Å². The van der Waals surface area contributed by atoms with Crippen LogP contribution >= 0.6 is 11.3 Å². The van der Waals surface area contributed by atoms with Crippen LogP contribution in [0.3, 0.4) is 0 Å².